The summed E-state index contributed by atoms with van der Waals surface area (Å²) in [6.45, 7) is 0.409. The minimum atomic E-state index is -0.00159. The molecule has 0 aliphatic rings. The molecule has 0 fully saturated rings. The topological polar surface area (TPSA) is 74.9 Å². The van der Waals surface area contributed by atoms with Gasteiger partial charge in [0, 0.05) is 24.2 Å². The lowest BCUT2D eigenvalue weighted by Crippen LogP contribution is -2.07. The van der Waals surface area contributed by atoms with Crippen LogP contribution in [0.3, 0.4) is 0 Å². The van der Waals surface area contributed by atoms with Crippen molar-refractivity contribution < 1.29 is 14.9 Å². The van der Waals surface area contributed by atoms with Crippen LogP contribution in [0.25, 0.3) is 0 Å². The fraction of sp³-hybridized carbons (Fsp3) is 0.143. The van der Waals surface area contributed by atoms with Crippen LogP contribution < -0.4 is 4.74 Å². The van der Waals surface area contributed by atoms with E-state index in [2.05, 4.69) is 9.98 Å². The summed E-state index contributed by atoms with van der Waals surface area (Å²) in [6, 6.07) is 17.9. The number of aromatic nitrogens is 1. The second kappa shape index (κ2) is 8.16. The Morgan fingerprint density at radius 3 is 2.50 bits per heavy atom. The molecule has 0 saturated heterocycles. The Balaban J connectivity index is 1.92. The molecule has 2 N–H and O–H groups in total. The first-order chi connectivity index (χ1) is 12.7. The third-order valence-corrected chi connectivity index (χ3v) is 3.98. The van der Waals surface area contributed by atoms with Gasteiger partial charge in [-0.1, -0.05) is 18.2 Å². The van der Waals surface area contributed by atoms with Gasteiger partial charge in [-0.25, -0.2) is 0 Å². The van der Waals surface area contributed by atoms with Crippen molar-refractivity contribution >= 4 is 5.71 Å². The summed E-state index contributed by atoms with van der Waals surface area (Å²) in [5.74, 6) is 0.797. The molecule has 5 heteroatoms. The van der Waals surface area contributed by atoms with Crippen molar-refractivity contribution in [3.8, 4) is 17.2 Å². The first kappa shape index (κ1) is 17.5. The van der Waals surface area contributed by atoms with Gasteiger partial charge in [0.05, 0.1) is 25.1 Å². The molecule has 26 heavy (non-hydrogen) atoms. The first-order valence-electron chi connectivity index (χ1n) is 8.24. The largest absolute Gasteiger partial charge is 0.508 e. The summed E-state index contributed by atoms with van der Waals surface area (Å²) < 4.78 is 5.19. The maximum Gasteiger partial charge on any atom is 0.128 e. The highest BCUT2D eigenvalue weighted by atomic mass is 16.5. The van der Waals surface area contributed by atoms with E-state index in [0.717, 1.165) is 22.7 Å². The molecular weight excluding hydrogens is 328 g/mol. The standard InChI is InChI=1S/C21H20N2O3/c1-26-18-8-5-15(6-9-18)12-20(19-10-7-17(24)13-21(19)25)23-14-16-4-2-3-11-22-16/h2-11,13,24-25H,12,14H2,1H3. The highest BCUT2D eigenvalue weighted by Gasteiger charge is 2.11. The molecule has 0 saturated carbocycles. The number of aliphatic imine (C=N–C) groups is 1. The van der Waals surface area contributed by atoms with Crippen LogP contribution in [0.2, 0.25) is 0 Å². The van der Waals surface area contributed by atoms with Crippen molar-refractivity contribution in [2.45, 2.75) is 13.0 Å². The molecule has 0 unspecified atom stereocenters. The molecule has 0 spiro atoms. The maximum atomic E-state index is 10.2. The maximum absolute atomic E-state index is 10.2. The Kier molecular flexibility index (Phi) is 5.49. The summed E-state index contributed by atoms with van der Waals surface area (Å²) in [5, 5.41) is 19.8. The second-order valence-corrected chi connectivity index (χ2v) is 5.81. The van der Waals surface area contributed by atoms with Gasteiger partial charge in [0.15, 0.2) is 0 Å². The Morgan fingerprint density at radius 1 is 1.04 bits per heavy atom. The minimum Gasteiger partial charge on any atom is -0.508 e. The van der Waals surface area contributed by atoms with Crippen LogP contribution in [-0.2, 0) is 13.0 Å². The van der Waals surface area contributed by atoms with Crippen LogP contribution >= 0.6 is 0 Å². The Morgan fingerprint density at radius 2 is 1.85 bits per heavy atom. The summed E-state index contributed by atoms with van der Waals surface area (Å²) in [5.41, 5.74) is 3.20. The van der Waals surface area contributed by atoms with E-state index in [-0.39, 0.29) is 11.5 Å². The van der Waals surface area contributed by atoms with Gasteiger partial charge in [0.2, 0.25) is 0 Å². The van der Waals surface area contributed by atoms with Crippen LogP contribution in [0.1, 0.15) is 16.8 Å². The molecular formula is C21H20N2O3. The number of benzene rings is 2. The van der Waals surface area contributed by atoms with E-state index in [1.165, 1.54) is 6.07 Å². The molecule has 0 aliphatic carbocycles. The molecule has 2 aromatic carbocycles. The molecule has 0 amide bonds. The molecule has 3 rings (SSSR count). The van der Waals surface area contributed by atoms with E-state index in [1.54, 1.807) is 25.4 Å². The van der Waals surface area contributed by atoms with Gasteiger partial charge in [-0.3, -0.25) is 9.98 Å². The number of hydrogen-bond acceptors (Lipinski definition) is 5. The zero-order chi connectivity index (χ0) is 18.4. The molecule has 3 aromatic rings. The fourth-order valence-electron chi connectivity index (χ4n) is 2.61. The SMILES string of the molecule is COc1ccc(CC(=NCc2ccccn2)c2ccc(O)cc2O)cc1. The van der Waals surface area contributed by atoms with Gasteiger partial charge >= 0.3 is 0 Å². The summed E-state index contributed by atoms with van der Waals surface area (Å²) in [4.78, 5) is 8.96. The van der Waals surface area contributed by atoms with Crippen molar-refractivity contribution in [2.24, 2.45) is 4.99 Å². The van der Waals surface area contributed by atoms with Gasteiger partial charge in [0.1, 0.15) is 17.2 Å². The van der Waals surface area contributed by atoms with Crippen molar-refractivity contribution in [3.63, 3.8) is 0 Å². The number of ether oxygens (including phenoxy) is 1. The molecule has 132 valence electrons. The Bertz CT molecular complexity index is 891. The number of rotatable bonds is 6. The minimum absolute atomic E-state index is 0.00159. The highest BCUT2D eigenvalue weighted by Crippen LogP contribution is 2.25. The lowest BCUT2D eigenvalue weighted by molar-refractivity contribution is 0.414. The zero-order valence-electron chi connectivity index (χ0n) is 14.5. The first-order valence-corrected chi connectivity index (χ1v) is 8.24. The highest BCUT2D eigenvalue weighted by molar-refractivity contribution is 6.04. The molecule has 0 bridgehead atoms. The van der Waals surface area contributed by atoms with Crippen LogP contribution in [0.15, 0.2) is 71.9 Å². The number of aromatic hydroxyl groups is 2. The normalized spacial score (nSPS) is 11.3. The van der Waals surface area contributed by atoms with E-state index in [4.69, 9.17) is 4.74 Å². The number of hydrogen-bond donors (Lipinski definition) is 2. The van der Waals surface area contributed by atoms with Crippen molar-refractivity contribution in [2.75, 3.05) is 7.11 Å². The number of nitrogens with zero attached hydrogens (tertiary/aromatic N) is 2. The van der Waals surface area contributed by atoms with Gasteiger partial charge in [-0.2, -0.15) is 0 Å². The fourth-order valence-corrected chi connectivity index (χ4v) is 2.61. The van der Waals surface area contributed by atoms with E-state index in [9.17, 15) is 10.2 Å². The molecule has 0 radical (unpaired) electrons. The third kappa shape index (κ3) is 4.39. The number of methoxy groups -OCH3 is 1. The molecule has 0 atom stereocenters. The second-order valence-electron chi connectivity index (χ2n) is 5.81. The van der Waals surface area contributed by atoms with Crippen LogP contribution in [0, 0.1) is 0 Å². The van der Waals surface area contributed by atoms with Gasteiger partial charge < -0.3 is 14.9 Å². The van der Waals surface area contributed by atoms with E-state index >= 15 is 0 Å². The van der Waals surface area contributed by atoms with E-state index in [0.29, 0.717) is 18.5 Å². The Labute approximate surface area is 152 Å². The molecule has 1 aromatic heterocycles. The van der Waals surface area contributed by atoms with Gasteiger partial charge in [-0.15, -0.1) is 0 Å². The molecule has 1 heterocycles. The Hall–Kier alpha value is -3.34. The lowest BCUT2D eigenvalue weighted by atomic mass is 10.0. The van der Waals surface area contributed by atoms with Gasteiger partial charge in [0.25, 0.3) is 0 Å². The van der Waals surface area contributed by atoms with Gasteiger partial charge in [-0.05, 0) is 42.0 Å². The monoisotopic (exact) mass is 348 g/mol. The van der Waals surface area contributed by atoms with E-state index < -0.39 is 0 Å². The predicted molar refractivity (Wildman–Crippen MR) is 101 cm³/mol. The molecule has 0 aliphatic heterocycles. The average Bonchev–Trinajstić information content (AvgIpc) is 2.67. The van der Waals surface area contributed by atoms with Crippen molar-refractivity contribution in [1.82, 2.24) is 4.98 Å². The zero-order valence-corrected chi connectivity index (χ0v) is 14.5. The molecule has 5 nitrogen and oxygen atoms in total. The lowest BCUT2D eigenvalue weighted by Gasteiger charge is -2.11. The van der Waals surface area contributed by atoms with Crippen molar-refractivity contribution in [3.05, 3.63) is 83.7 Å². The smallest absolute Gasteiger partial charge is 0.128 e. The predicted octanol–water partition coefficient (Wildman–Crippen LogP) is 3.73. The number of pyridine rings is 1. The summed E-state index contributed by atoms with van der Waals surface area (Å²) in [6.07, 6.45) is 2.27. The van der Waals surface area contributed by atoms with E-state index in [1.807, 2.05) is 42.5 Å². The van der Waals surface area contributed by atoms with Crippen molar-refractivity contribution in [1.29, 1.82) is 0 Å². The average molecular weight is 348 g/mol. The third-order valence-electron chi connectivity index (χ3n) is 3.98. The number of phenolic OH excluding ortho intramolecular Hbond substituents is 2. The van der Waals surface area contributed by atoms with Crippen LogP contribution in [0.4, 0.5) is 0 Å². The quantitative estimate of drug-likeness (QED) is 0.666. The van der Waals surface area contributed by atoms with Crippen LogP contribution in [-0.4, -0.2) is 28.0 Å². The number of phenols is 2. The summed E-state index contributed by atoms with van der Waals surface area (Å²) >= 11 is 0. The summed E-state index contributed by atoms with van der Waals surface area (Å²) in [7, 11) is 1.63. The van der Waals surface area contributed by atoms with Crippen LogP contribution in [0.5, 0.6) is 17.2 Å².